The van der Waals surface area contributed by atoms with Crippen molar-refractivity contribution >= 4 is 29.9 Å². The van der Waals surface area contributed by atoms with Crippen molar-refractivity contribution in [3.63, 3.8) is 0 Å². The summed E-state index contributed by atoms with van der Waals surface area (Å²) in [4.78, 5) is 8.55. The zero-order chi connectivity index (χ0) is 16.7. The molecule has 0 aliphatic heterocycles. The normalized spacial score (nSPS) is 11.3. The number of benzene rings is 1. The highest BCUT2D eigenvalue weighted by Gasteiger charge is 2.06. The smallest absolute Gasteiger partial charge is 0.191 e. The summed E-state index contributed by atoms with van der Waals surface area (Å²) in [5.41, 5.74) is 0.870. The van der Waals surface area contributed by atoms with E-state index < -0.39 is 0 Å². The molecule has 0 saturated heterocycles. The molecule has 132 valence electrons. The molecule has 0 unspecified atom stereocenters. The molecule has 0 spiro atoms. The van der Waals surface area contributed by atoms with Gasteiger partial charge in [0, 0.05) is 32.5 Å². The van der Waals surface area contributed by atoms with Crippen molar-refractivity contribution in [2.75, 3.05) is 7.05 Å². The monoisotopic (exact) mass is 445 g/mol. The Kier molecular flexibility index (Phi) is 8.73. The summed E-state index contributed by atoms with van der Waals surface area (Å²) >= 11 is 0. The number of nitrogens with zero attached hydrogens (tertiary/aromatic N) is 3. The first-order valence-corrected chi connectivity index (χ1v) is 7.77. The number of halogens is 2. The van der Waals surface area contributed by atoms with E-state index in [1.807, 2.05) is 18.5 Å². The number of imidazole rings is 1. The Balaban J connectivity index is 0.00000288. The molecule has 0 bridgehead atoms. The quantitative estimate of drug-likeness (QED) is 0.408. The highest BCUT2D eigenvalue weighted by Crippen LogP contribution is 2.04. The van der Waals surface area contributed by atoms with Crippen LogP contribution < -0.4 is 10.6 Å². The van der Waals surface area contributed by atoms with Crippen LogP contribution in [0.2, 0.25) is 0 Å². The molecule has 0 saturated carbocycles. The van der Waals surface area contributed by atoms with Gasteiger partial charge in [0.1, 0.15) is 11.6 Å². The third kappa shape index (κ3) is 6.46. The molecule has 0 amide bonds. The Hall–Kier alpha value is -1.64. The minimum Gasteiger partial charge on any atom is -0.352 e. The lowest BCUT2D eigenvalue weighted by molar-refractivity contribution is 0.503. The zero-order valence-corrected chi connectivity index (χ0v) is 16.6. The first-order valence-electron chi connectivity index (χ1n) is 7.77. The van der Waals surface area contributed by atoms with E-state index in [1.54, 1.807) is 13.1 Å². The summed E-state index contributed by atoms with van der Waals surface area (Å²) in [6.07, 6.45) is 3.79. The van der Waals surface area contributed by atoms with E-state index in [0.717, 1.165) is 17.9 Å². The minimum absolute atomic E-state index is 0. The van der Waals surface area contributed by atoms with Crippen LogP contribution in [0.25, 0.3) is 0 Å². The van der Waals surface area contributed by atoms with Gasteiger partial charge in [0.2, 0.25) is 0 Å². The topological polar surface area (TPSA) is 54.2 Å². The van der Waals surface area contributed by atoms with Gasteiger partial charge in [-0.05, 0) is 23.6 Å². The zero-order valence-electron chi connectivity index (χ0n) is 14.3. The molecule has 1 aromatic carbocycles. The van der Waals surface area contributed by atoms with Crippen LogP contribution in [0.1, 0.15) is 25.2 Å². The highest BCUT2D eigenvalue weighted by atomic mass is 127. The second-order valence-electron chi connectivity index (χ2n) is 5.80. The van der Waals surface area contributed by atoms with E-state index in [4.69, 9.17) is 0 Å². The van der Waals surface area contributed by atoms with Crippen molar-refractivity contribution < 1.29 is 4.39 Å². The number of hydrogen-bond donors (Lipinski definition) is 2. The summed E-state index contributed by atoms with van der Waals surface area (Å²) in [5.74, 6) is 1.96. The van der Waals surface area contributed by atoms with Crippen molar-refractivity contribution in [2.45, 2.75) is 33.5 Å². The van der Waals surface area contributed by atoms with E-state index in [1.165, 1.54) is 12.1 Å². The Morgan fingerprint density at radius 2 is 2.04 bits per heavy atom. The van der Waals surface area contributed by atoms with Crippen molar-refractivity contribution in [3.8, 4) is 0 Å². The molecule has 0 atom stereocenters. The molecule has 24 heavy (non-hydrogen) atoms. The van der Waals surface area contributed by atoms with Gasteiger partial charge in [0.05, 0.1) is 6.54 Å². The third-order valence-corrected chi connectivity index (χ3v) is 3.35. The second kappa shape index (κ2) is 10.3. The standard InChI is InChI=1S/C17H24FN5.HI/c1-13(2)12-23-8-7-20-16(23)11-22-17(19-3)21-10-14-5-4-6-15(18)9-14;/h4-9,13H,10-12H2,1-3H3,(H2,19,21,22);1H. The van der Waals surface area contributed by atoms with Crippen LogP contribution in [0, 0.1) is 11.7 Å². The Morgan fingerprint density at radius 3 is 2.71 bits per heavy atom. The van der Waals surface area contributed by atoms with E-state index in [2.05, 4.69) is 39.0 Å². The first kappa shape index (κ1) is 20.4. The second-order valence-corrected chi connectivity index (χ2v) is 5.80. The number of aliphatic imine (C=N–C) groups is 1. The van der Waals surface area contributed by atoms with Gasteiger partial charge in [0.25, 0.3) is 0 Å². The molecular formula is C17H25FIN5. The number of hydrogen-bond acceptors (Lipinski definition) is 2. The van der Waals surface area contributed by atoms with Crippen LogP contribution >= 0.6 is 24.0 Å². The fourth-order valence-electron chi connectivity index (χ4n) is 2.28. The maximum absolute atomic E-state index is 13.2. The number of rotatable bonds is 6. The van der Waals surface area contributed by atoms with Crippen LogP contribution in [0.5, 0.6) is 0 Å². The molecule has 2 N–H and O–H groups in total. The molecule has 0 fully saturated rings. The predicted octanol–water partition coefficient (Wildman–Crippen LogP) is 3.16. The molecule has 0 aliphatic carbocycles. The summed E-state index contributed by atoms with van der Waals surface area (Å²) < 4.78 is 15.3. The van der Waals surface area contributed by atoms with Gasteiger partial charge >= 0.3 is 0 Å². The van der Waals surface area contributed by atoms with Crippen molar-refractivity contribution in [2.24, 2.45) is 10.9 Å². The van der Waals surface area contributed by atoms with Gasteiger partial charge < -0.3 is 15.2 Å². The largest absolute Gasteiger partial charge is 0.352 e. The van der Waals surface area contributed by atoms with Gasteiger partial charge in [0.15, 0.2) is 5.96 Å². The van der Waals surface area contributed by atoms with Gasteiger partial charge in [-0.1, -0.05) is 26.0 Å². The molecule has 0 radical (unpaired) electrons. The Bertz CT molecular complexity index is 654. The fraction of sp³-hybridized carbons (Fsp3) is 0.412. The van der Waals surface area contributed by atoms with E-state index in [-0.39, 0.29) is 29.8 Å². The molecule has 7 heteroatoms. The average Bonchev–Trinajstić information content (AvgIpc) is 2.94. The van der Waals surface area contributed by atoms with E-state index in [0.29, 0.717) is 25.0 Å². The molecule has 1 aromatic heterocycles. The fourth-order valence-corrected chi connectivity index (χ4v) is 2.28. The average molecular weight is 445 g/mol. The Labute approximate surface area is 159 Å². The van der Waals surface area contributed by atoms with E-state index >= 15 is 0 Å². The molecule has 1 heterocycles. The maximum atomic E-state index is 13.2. The van der Waals surface area contributed by atoms with Crippen LogP contribution in [-0.2, 0) is 19.6 Å². The molecule has 2 aromatic rings. The van der Waals surface area contributed by atoms with Gasteiger partial charge in [-0.2, -0.15) is 0 Å². The van der Waals surface area contributed by atoms with Crippen molar-refractivity contribution in [1.29, 1.82) is 0 Å². The van der Waals surface area contributed by atoms with Gasteiger partial charge in [-0.25, -0.2) is 9.37 Å². The van der Waals surface area contributed by atoms with Gasteiger partial charge in [-0.3, -0.25) is 4.99 Å². The van der Waals surface area contributed by atoms with Crippen LogP contribution in [-0.4, -0.2) is 22.6 Å². The lowest BCUT2D eigenvalue weighted by Gasteiger charge is -2.14. The number of guanidine groups is 1. The van der Waals surface area contributed by atoms with Crippen molar-refractivity contribution in [1.82, 2.24) is 20.2 Å². The van der Waals surface area contributed by atoms with Gasteiger partial charge in [-0.15, -0.1) is 24.0 Å². The first-order chi connectivity index (χ1) is 11.1. The molecule has 5 nitrogen and oxygen atoms in total. The van der Waals surface area contributed by atoms with Crippen LogP contribution in [0.15, 0.2) is 41.7 Å². The summed E-state index contributed by atoms with van der Waals surface area (Å²) in [6.45, 7) is 6.39. The van der Waals surface area contributed by atoms with Crippen LogP contribution in [0.4, 0.5) is 4.39 Å². The van der Waals surface area contributed by atoms with Crippen molar-refractivity contribution in [3.05, 3.63) is 53.9 Å². The maximum Gasteiger partial charge on any atom is 0.191 e. The number of aromatic nitrogens is 2. The molecule has 0 aliphatic rings. The highest BCUT2D eigenvalue weighted by molar-refractivity contribution is 14.0. The predicted molar refractivity (Wildman–Crippen MR) is 106 cm³/mol. The molecular weight excluding hydrogens is 420 g/mol. The summed E-state index contributed by atoms with van der Waals surface area (Å²) in [7, 11) is 1.71. The van der Waals surface area contributed by atoms with Crippen LogP contribution in [0.3, 0.4) is 0 Å². The SMILES string of the molecule is CN=C(NCc1cccc(F)c1)NCc1nccn1CC(C)C.I. The Morgan fingerprint density at radius 1 is 1.29 bits per heavy atom. The minimum atomic E-state index is -0.233. The third-order valence-electron chi connectivity index (χ3n) is 3.35. The lowest BCUT2D eigenvalue weighted by atomic mass is 10.2. The molecule has 2 rings (SSSR count). The summed E-state index contributed by atoms with van der Waals surface area (Å²) in [5, 5.41) is 6.40. The number of nitrogens with one attached hydrogen (secondary N) is 2. The lowest BCUT2D eigenvalue weighted by Crippen LogP contribution is -2.37. The summed E-state index contributed by atoms with van der Waals surface area (Å²) in [6, 6.07) is 6.52. The van der Waals surface area contributed by atoms with E-state index in [9.17, 15) is 4.39 Å².